The molecule has 2 nitrogen and oxygen atoms in total. The van der Waals surface area contributed by atoms with Crippen LogP contribution in [0.3, 0.4) is 0 Å². The topological polar surface area (TPSA) is 35.2 Å². The fourth-order valence-corrected chi connectivity index (χ4v) is 2.55. The summed E-state index contributed by atoms with van der Waals surface area (Å²) in [5, 5.41) is 2.10. The number of nitrogens with two attached hydrogens (primary N) is 1. The summed E-state index contributed by atoms with van der Waals surface area (Å²) < 4.78 is 5.72. The number of hydrogen-bond donors (Lipinski definition) is 1. The zero-order valence-corrected chi connectivity index (χ0v) is 11.5. The molecule has 0 unspecified atom stereocenters. The van der Waals surface area contributed by atoms with E-state index >= 15 is 0 Å². The van der Waals surface area contributed by atoms with E-state index in [1.54, 1.807) is 11.3 Å². The van der Waals surface area contributed by atoms with E-state index in [9.17, 15) is 0 Å². The molecule has 3 heteroatoms. The van der Waals surface area contributed by atoms with Crippen molar-refractivity contribution in [3.05, 3.63) is 57.3 Å². The third kappa shape index (κ3) is 3.67. The van der Waals surface area contributed by atoms with E-state index in [-0.39, 0.29) is 0 Å². The van der Waals surface area contributed by atoms with E-state index < -0.39 is 0 Å². The maximum absolute atomic E-state index is 5.72. The highest BCUT2D eigenvalue weighted by atomic mass is 32.1. The van der Waals surface area contributed by atoms with Crippen molar-refractivity contribution in [1.82, 2.24) is 0 Å². The lowest BCUT2D eigenvalue weighted by Crippen LogP contribution is -2.01. The lowest BCUT2D eigenvalue weighted by molar-refractivity contribution is 0.124. The second-order valence-corrected chi connectivity index (χ2v) is 5.38. The van der Waals surface area contributed by atoms with Crippen LogP contribution in [0.4, 0.5) is 0 Å². The summed E-state index contributed by atoms with van der Waals surface area (Å²) in [6.45, 7) is 4.16. The number of hydrogen-bond acceptors (Lipinski definition) is 3. The second-order valence-electron chi connectivity index (χ2n) is 4.35. The van der Waals surface area contributed by atoms with Gasteiger partial charge in [-0.05, 0) is 35.1 Å². The molecule has 1 aromatic heterocycles. The van der Waals surface area contributed by atoms with Crippen molar-refractivity contribution >= 4 is 11.3 Å². The summed E-state index contributed by atoms with van der Waals surface area (Å²) in [7, 11) is 0. The number of aryl methyl sites for hydroxylation is 1. The molecule has 18 heavy (non-hydrogen) atoms. The van der Waals surface area contributed by atoms with Gasteiger partial charge in [-0.2, -0.15) is 0 Å². The molecule has 0 aliphatic carbocycles. The van der Waals surface area contributed by atoms with Gasteiger partial charge in [-0.3, -0.25) is 0 Å². The van der Waals surface area contributed by atoms with Crippen LogP contribution in [0.1, 0.15) is 21.6 Å². The summed E-state index contributed by atoms with van der Waals surface area (Å²) in [5.74, 6) is 0. The molecule has 0 fully saturated rings. The molecule has 0 saturated heterocycles. The smallest absolute Gasteiger partial charge is 0.0719 e. The highest BCUT2D eigenvalue weighted by molar-refractivity contribution is 7.09. The summed E-state index contributed by atoms with van der Waals surface area (Å²) in [6.07, 6.45) is 0.998. The average molecular weight is 261 g/mol. The Labute approximate surface area is 112 Å². The van der Waals surface area contributed by atoms with Gasteiger partial charge in [0.25, 0.3) is 0 Å². The zero-order chi connectivity index (χ0) is 12.8. The van der Waals surface area contributed by atoms with Crippen molar-refractivity contribution in [2.45, 2.75) is 26.5 Å². The van der Waals surface area contributed by atoms with Crippen LogP contribution < -0.4 is 5.73 Å². The summed E-state index contributed by atoms with van der Waals surface area (Å²) in [5.41, 5.74) is 9.30. The van der Waals surface area contributed by atoms with Gasteiger partial charge in [-0.15, -0.1) is 11.3 Å². The van der Waals surface area contributed by atoms with Gasteiger partial charge < -0.3 is 10.5 Å². The van der Waals surface area contributed by atoms with E-state index in [2.05, 4.69) is 42.6 Å². The number of rotatable bonds is 6. The van der Waals surface area contributed by atoms with Crippen molar-refractivity contribution in [2.24, 2.45) is 5.73 Å². The Hall–Kier alpha value is -1.16. The quantitative estimate of drug-likeness (QED) is 0.810. The molecule has 2 aromatic rings. The number of benzene rings is 1. The minimum Gasteiger partial charge on any atom is -0.376 e. The van der Waals surface area contributed by atoms with Gasteiger partial charge in [0.1, 0.15) is 0 Å². The first-order valence-corrected chi connectivity index (χ1v) is 7.06. The van der Waals surface area contributed by atoms with E-state index in [0.29, 0.717) is 13.2 Å². The lowest BCUT2D eigenvalue weighted by Gasteiger charge is -2.08. The maximum atomic E-state index is 5.72. The van der Waals surface area contributed by atoms with E-state index in [4.69, 9.17) is 10.5 Å². The van der Waals surface area contributed by atoms with Crippen LogP contribution in [0.15, 0.2) is 35.7 Å². The minimum absolute atomic E-state index is 0.598. The third-order valence-electron chi connectivity index (χ3n) is 2.97. The molecular weight excluding hydrogens is 242 g/mol. The van der Waals surface area contributed by atoms with Crippen LogP contribution in [0.25, 0.3) is 0 Å². The summed E-state index contributed by atoms with van der Waals surface area (Å²) in [6, 6.07) is 10.6. The molecule has 0 spiro atoms. The molecular formula is C15H19NOS. The molecule has 0 bridgehead atoms. The van der Waals surface area contributed by atoms with Crippen molar-refractivity contribution in [2.75, 3.05) is 6.61 Å². The molecule has 0 amide bonds. The van der Waals surface area contributed by atoms with Gasteiger partial charge in [0.05, 0.1) is 13.2 Å². The first-order valence-electron chi connectivity index (χ1n) is 6.18. The molecule has 0 aliphatic heterocycles. The highest BCUT2D eigenvalue weighted by Gasteiger charge is 2.00. The van der Waals surface area contributed by atoms with E-state index in [1.165, 1.54) is 21.6 Å². The van der Waals surface area contributed by atoms with Gasteiger partial charge in [0.2, 0.25) is 0 Å². The highest BCUT2D eigenvalue weighted by Crippen LogP contribution is 2.13. The largest absolute Gasteiger partial charge is 0.376 e. The molecule has 0 radical (unpaired) electrons. The van der Waals surface area contributed by atoms with Crippen molar-refractivity contribution in [1.29, 1.82) is 0 Å². The van der Waals surface area contributed by atoms with Crippen LogP contribution in [0.5, 0.6) is 0 Å². The zero-order valence-electron chi connectivity index (χ0n) is 10.7. The van der Waals surface area contributed by atoms with Crippen molar-refractivity contribution in [3.8, 4) is 0 Å². The van der Waals surface area contributed by atoms with Gasteiger partial charge in [0.15, 0.2) is 0 Å². The molecule has 2 rings (SSSR count). The predicted molar refractivity (Wildman–Crippen MR) is 76.7 cm³/mol. The Kier molecular flexibility index (Phi) is 4.93. The predicted octanol–water partition coefficient (Wildman–Crippen LogP) is 3.27. The van der Waals surface area contributed by atoms with E-state index in [0.717, 1.165) is 13.0 Å². The Bertz CT molecular complexity index is 479. The Morgan fingerprint density at radius 3 is 2.83 bits per heavy atom. The summed E-state index contributed by atoms with van der Waals surface area (Å²) >= 11 is 1.78. The Balaban J connectivity index is 1.79. The molecule has 0 atom stereocenters. The van der Waals surface area contributed by atoms with Gasteiger partial charge in [-0.1, -0.05) is 24.3 Å². The Morgan fingerprint density at radius 1 is 1.28 bits per heavy atom. The monoisotopic (exact) mass is 261 g/mol. The number of ether oxygens (including phenoxy) is 1. The molecule has 0 saturated carbocycles. The first kappa shape index (κ1) is 13.3. The standard InChI is InChI=1S/C15H19NOS/c1-12-9-13(10-16)4-5-14(12)11-17-7-6-15-3-2-8-18-15/h2-5,8-9H,6-7,10-11,16H2,1H3. The van der Waals surface area contributed by atoms with Gasteiger partial charge >= 0.3 is 0 Å². The first-order chi connectivity index (χ1) is 8.79. The average Bonchev–Trinajstić information content (AvgIpc) is 2.89. The van der Waals surface area contributed by atoms with Gasteiger partial charge in [0, 0.05) is 17.8 Å². The van der Waals surface area contributed by atoms with Crippen molar-refractivity contribution < 1.29 is 4.74 Å². The summed E-state index contributed by atoms with van der Waals surface area (Å²) in [4.78, 5) is 1.38. The van der Waals surface area contributed by atoms with Crippen LogP contribution in [0, 0.1) is 6.92 Å². The van der Waals surface area contributed by atoms with E-state index in [1.807, 2.05) is 0 Å². The fourth-order valence-electron chi connectivity index (χ4n) is 1.86. The molecule has 1 aromatic carbocycles. The minimum atomic E-state index is 0.598. The van der Waals surface area contributed by atoms with Crippen LogP contribution in [0.2, 0.25) is 0 Å². The fraction of sp³-hybridized carbons (Fsp3) is 0.333. The molecule has 2 N–H and O–H groups in total. The maximum Gasteiger partial charge on any atom is 0.0719 e. The van der Waals surface area contributed by atoms with Gasteiger partial charge in [-0.25, -0.2) is 0 Å². The van der Waals surface area contributed by atoms with Crippen LogP contribution in [-0.2, 0) is 24.3 Å². The SMILES string of the molecule is Cc1cc(CN)ccc1COCCc1cccs1. The lowest BCUT2D eigenvalue weighted by atomic mass is 10.1. The van der Waals surface area contributed by atoms with Crippen LogP contribution in [-0.4, -0.2) is 6.61 Å². The molecule has 0 aliphatic rings. The molecule has 1 heterocycles. The Morgan fingerprint density at radius 2 is 2.17 bits per heavy atom. The van der Waals surface area contributed by atoms with Crippen LogP contribution >= 0.6 is 11.3 Å². The van der Waals surface area contributed by atoms with Crippen molar-refractivity contribution in [3.63, 3.8) is 0 Å². The number of thiophene rings is 1. The second kappa shape index (κ2) is 6.69. The third-order valence-corrected chi connectivity index (χ3v) is 3.91. The normalized spacial score (nSPS) is 10.8. The molecule has 96 valence electrons.